The summed E-state index contributed by atoms with van der Waals surface area (Å²) in [5, 5.41) is 9.55. The van der Waals surface area contributed by atoms with Gasteiger partial charge in [0.25, 0.3) is 5.91 Å². The second kappa shape index (κ2) is 8.68. The predicted molar refractivity (Wildman–Crippen MR) is 90.9 cm³/mol. The number of hydrogen-bond acceptors (Lipinski definition) is 5. The molecule has 0 heterocycles. The summed E-state index contributed by atoms with van der Waals surface area (Å²) in [5.74, 6) is -0.0473. The van der Waals surface area contributed by atoms with Crippen LogP contribution in [0.2, 0.25) is 0 Å². The van der Waals surface area contributed by atoms with Gasteiger partial charge in [0, 0.05) is 6.54 Å². The van der Waals surface area contributed by atoms with Gasteiger partial charge in [-0.15, -0.1) is 0 Å². The van der Waals surface area contributed by atoms with Crippen molar-refractivity contribution in [3.05, 3.63) is 29.3 Å². The number of ether oxygens (including phenoxy) is 2. The van der Waals surface area contributed by atoms with E-state index in [9.17, 15) is 14.7 Å². The molecule has 1 aromatic rings. The minimum Gasteiger partial charge on any atom is -0.483 e. The van der Waals surface area contributed by atoms with Crippen LogP contribution in [-0.4, -0.2) is 54.3 Å². The first-order valence-corrected chi connectivity index (χ1v) is 7.90. The highest BCUT2D eigenvalue weighted by molar-refractivity contribution is 5.79. The van der Waals surface area contributed by atoms with Gasteiger partial charge in [-0.1, -0.05) is 12.1 Å². The van der Waals surface area contributed by atoms with Crippen LogP contribution in [0.5, 0.6) is 5.75 Å². The zero-order chi connectivity index (χ0) is 18.3. The van der Waals surface area contributed by atoms with Gasteiger partial charge in [-0.3, -0.25) is 9.59 Å². The predicted octanol–water partition coefficient (Wildman–Crippen LogP) is 1.84. The zero-order valence-electron chi connectivity index (χ0n) is 15.1. The Bertz CT molecular complexity index is 583. The molecule has 0 aliphatic carbocycles. The summed E-state index contributed by atoms with van der Waals surface area (Å²) < 4.78 is 10.3. The summed E-state index contributed by atoms with van der Waals surface area (Å²) in [6, 6.07) is 5.65. The van der Waals surface area contributed by atoms with Crippen LogP contribution in [0.15, 0.2) is 18.2 Å². The number of aliphatic hydroxyl groups is 1. The maximum absolute atomic E-state index is 12.6. The van der Waals surface area contributed by atoms with Crippen molar-refractivity contribution in [2.24, 2.45) is 0 Å². The average molecular weight is 337 g/mol. The minimum atomic E-state index is -0.796. The van der Waals surface area contributed by atoms with E-state index in [1.54, 1.807) is 13.8 Å². The normalized spacial score (nSPS) is 11.1. The van der Waals surface area contributed by atoms with E-state index >= 15 is 0 Å². The molecule has 0 atom stereocenters. The van der Waals surface area contributed by atoms with Crippen LogP contribution in [-0.2, 0) is 14.3 Å². The third-order valence-electron chi connectivity index (χ3n) is 4.09. The second-order valence-electron chi connectivity index (χ2n) is 6.33. The molecule has 0 fully saturated rings. The van der Waals surface area contributed by atoms with Gasteiger partial charge in [0.05, 0.1) is 25.7 Å². The first-order chi connectivity index (χ1) is 11.2. The molecule has 1 amide bonds. The van der Waals surface area contributed by atoms with E-state index in [-0.39, 0.29) is 32.1 Å². The molecule has 1 N–H and O–H groups in total. The van der Waals surface area contributed by atoms with E-state index in [0.29, 0.717) is 5.75 Å². The third-order valence-corrected chi connectivity index (χ3v) is 4.09. The molecule has 0 unspecified atom stereocenters. The second-order valence-corrected chi connectivity index (χ2v) is 6.33. The molecule has 0 aliphatic rings. The van der Waals surface area contributed by atoms with Crippen molar-refractivity contribution in [3.63, 3.8) is 0 Å². The highest BCUT2D eigenvalue weighted by atomic mass is 16.5. The molecule has 0 aromatic heterocycles. The highest BCUT2D eigenvalue weighted by Gasteiger charge is 2.31. The van der Waals surface area contributed by atoms with E-state index in [2.05, 4.69) is 4.74 Å². The Morgan fingerprint density at radius 1 is 1.25 bits per heavy atom. The van der Waals surface area contributed by atoms with Crippen molar-refractivity contribution in [2.75, 3.05) is 26.9 Å². The number of hydrogen-bond donors (Lipinski definition) is 1. The minimum absolute atomic E-state index is 0.0646. The Morgan fingerprint density at radius 2 is 1.92 bits per heavy atom. The number of carbonyl (C=O) groups excluding carboxylic acids is 2. The summed E-state index contributed by atoms with van der Waals surface area (Å²) in [5.41, 5.74) is 1.27. The van der Waals surface area contributed by atoms with E-state index in [1.165, 1.54) is 12.0 Å². The SMILES string of the molecule is COC(=O)CCN(C(=O)COc1cccc(C)c1C)C(C)(C)CO. The monoisotopic (exact) mass is 337 g/mol. The van der Waals surface area contributed by atoms with Crippen LogP contribution in [0.1, 0.15) is 31.4 Å². The fourth-order valence-electron chi connectivity index (χ4n) is 2.25. The fourth-order valence-corrected chi connectivity index (χ4v) is 2.25. The molecule has 0 bridgehead atoms. The summed E-state index contributed by atoms with van der Waals surface area (Å²) in [4.78, 5) is 25.4. The van der Waals surface area contributed by atoms with Gasteiger partial charge in [0.1, 0.15) is 5.75 Å². The molecule has 1 rings (SSSR count). The van der Waals surface area contributed by atoms with Gasteiger partial charge >= 0.3 is 5.97 Å². The largest absolute Gasteiger partial charge is 0.483 e. The van der Waals surface area contributed by atoms with Crippen molar-refractivity contribution in [1.29, 1.82) is 0 Å². The van der Waals surface area contributed by atoms with Gasteiger partial charge in [0.2, 0.25) is 0 Å². The maximum Gasteiger partial charge on any atom is 0.307 e. The Hall–Kier alpha value is -2.08. The molecule has 0 spiro atoms. The van der Waals surface area contributed by atoms with Gasteiger partial charge < -0.3 is 19.5 Å². The fraction of sp³-hybridized carbons (Fsp3) is 0.556. The molecule has 0 aliphatic heterocycles. The molecule has 6 nitrogen and oxygen atoms in total. The molecule has 24 heavy (non-hydrogen) atoms. The van der Waals surface area contributed by atoms with Crippen molar-refractivity contribution in [3.8, 4) is 5.75 Å². The van der Waals surface area contributed by atoms with Crippen molar-refractivity contribution < 1.29 is 24.2 Å². The number of amides is 1. The molecule has 6 heteroatoms. The van der Waals surface area contributed by atoms with E-state index in [1.807, 2.05) is 32.0 Å². The van der Waals surface area contributed by atoms with Crippen LogP contribution in [0, 0.1) is 13.8 Å². The number of benzene rings is 1. The standard InChI is InChI=1S/C18H27NO5/c1-13-7-6-8-15(14(13)2)24-11-16(21)19(18(3,4)12-20)10-9-17(22)23-5/h6-8,20H,9-12H2,1-5H3. The first kappa shape index (κ1) is 20.0. The van der Waals surface area contributed by atoms with Crippen molar-refractivity contribution >= 4 is 11.9 Å². The van der Waals surface area contributed by atoms with Gasteiger partial charge in [0.15, 0.2) is 6.61 Å². The van der Waals surface area contributed by atoms with Gasteiger partial charge in [-0.25, -0.2) is 0 Å². The van der Waals surface area contributed by atoms with E-state index in [4.69, 9.17) is 4.74 Å². The summed E-state index contributed by atoms with van der Waals surface area (Å²) in [6.45, 7) is 7.16. The van der Waals surface area contributed by atoms with Gasteiger partial charge in [-0.2, -0.15) is 0 Å². The molecule has 134 valence electrons. The van der Waals surface area contributed by atoms with Crippen LogP contribution in [0.4, 0.5) is 0 Å². The average Bonchev–Trinajstić information content (AvgIpc) is 2.55. The molecule has 1 aromatic carbocycles. The first-order valence-electron chi connectivity index (χ1n) is 7.90. The number of esters is 1. The number of aliphatic hydroxyl groups excluding tert-OH is 1. The highest BCUT2D eigenvalue weighted by Crippen LogP contribution is 2.21. The number of rotatable bonds is 8. The van der Waals surface area contributed by atoms with Crippen LogP contribution < -0.4 is 4.74 Å². The lowest BCUT2D eigenvalue weighted by atomic mass is 10.0. The number of aryl methyl sites for hydroxylation is 1. The summed E-state index contributed by atoms with van der Waals surface area (Å²) >= 11 is 0. The molecule has 0 saturated heterocycles. The van der Waals surface area contributed by atoms with Crippen molar-refractivity contribution in [2.45, 2.75) is 39.7 Å². The summed E-state index contributed by atoms with van der Waals surface area (Å²) in [6.07, 6.45) is 0.0646. The Kier molecular flexibility index (Phi) is 7.22. The number of carbonyl (C=O) groups is 2. The van der Waals surface area contributed by atoms with Crippen LogP contribution >= 0.6 is 0 Å². The lowest BCUT2D eigenvalue weighted by Crippen LogP contribution is -2.52. The Morgan fingerprint density at radius 3 is 2.50 bits per heavy atom. The lowest BCUT2D eigenvalue weighted by molar-refractivity contribution is -0.145. The number of methoxy groups -OCH3 is 1. The van der Waals surface area contributed by atoms with E-state index in [0.717, 1.165) is 11.1 Å². The topological polar surface area (TPSA) is 76.1 Å². The molecular weight excluding hydrogens is 310 g/mol. The third kappa shape index (κ3) is 5.23. The quantitative estimate of drug-likeness (QED) is 0.733. The summed E-state index contributed by atoms with van der Waals surface area (Å²) in [7, 11) is 1.30. The van der Waals surface area contributed by atoms with Crippen molar-refractivity contribution in [1.82, 2.24) is 4.90 Å². The molecule has 0 saturated carbocycles. The zero-order valence-corrected chi connectivity index (χ0v) is 15.1. The molecular formula is C18H27NO5. The lowest BCUT2D eigenvalue weighted by Gasteiger charge is -2.37. The van der Waals surface area contributed by atoms with Gasteiger partial charge in [-0.05, 0) is 44.9 Å². The van der Waals surface area contributed by atoms with Crippen LogP contribution in [0.3, 0.4) is 0 Å². The van der Waals surface area contributed by atoms with E-state index < -0.39 is 11.5 Å². The molecule has 0 radical (unpaired) electrons. The Labute approximate surface area is 143 Å². The number of nitrogens with zero attached hydrogens (tertiary/aromatic N) is 1. The Balaban J connectivity index is 2.80. The van der Waals surface area contributed by atoms with Crippen LogP contribution in [0.25, 0.3) is 0 Å². The smallest absolute Gasteiger partial charge is 0.307 e. The maximum atomic E-state index is 12.6.